The molecule has 1 amide bonds. The summed E-state index contributed by atoms with van der Waals surface area (Å²) < 4.78 is 16.1. The van der Waals surface area contributed by atoms with Gasteiger partial charge in [-0.15, -0.1) is 0 Å². The van der Waals surface area contributed by atoms with E-state index >= 15 is 0 Å². The number of nitrogens with zero attached hydrogens (tertiary/aromatic N) is 1. The molecule has 0 aliphatic carbocycles. The molecule has 1 aromatic heterocycles. The zero-order valence-electron chi connectivity index (χ0n) is 14.9. The van der Waals surface area contributed by atoms with Gasteiger partial charge < -0.3 is 19.3 Å². The predicted octanol–water partition coefficient (Wildman–Crippen LogP) is 2.86. The van der Waals surface area contributed by atoms with Crippen LogP contribution < -0.4 is 14.8 Å². The van der Waals surface area contributed by atoms with E-state index < -0.39 is 0 Å². The molecule has 0 radical (unpaired) electrons. The summed E-state index contributed by atoms with van der Waals surface area (Å²) in [5, 5.41) is 6.86. The van der Waals surface area contributed by atoms with Crippen LogP contribution in [-0.2, 0) is 12.8 Å². The van der Waals surface area contributed by atoms with Crippen LogP contribution in [0.5, 0.6) is 11.5 Å². The van der Waals surface area contributed by atoms with E-state index in [9.17, 15) is 4.79 Å². The van der Waals surface area contributed by atoms with Gasteiger partial charge in [0.2, 0.25) is 5.76 Å². The molecular formula is C19H24N2O4. The van der Waals surface area contributed by atoms with Gasteiger partial charge in [-0.1, -0.05) is 25.1 Å². The highest BCUT2D eigenvalue weighted by Gasteiger charge is 2.22. The van der Waals surface area contributed by atoms with Crippen molar-refractivity contribution in [2.75, 3.05) is 20.3 Å². The zero-order valence-corrected chi connectivity index (χ0v) is 14.9. The molecule has 25 heavy (non-hydrogen) atoms. The first kappa shape index (κ1) is 17.3. The number of rotatable bonds is 6. The second kappa shape index (κ2) is 7.59. The number of carbonyl (C=O) groups is 1. The molecule has 2 heterocycles. The number of aromatic nitrogens is 1. The first-order valence-electron chi connectivity index (χ1n) is 8.58. The fourth-order valence-corrected chi connectivity index (χ4v) is 2.93. The first-order chi connectivity index (χ1) is 12.0. The highest BCUT2D eigenvalue weighted by molar-refractivity contribution is 5.91. The molecule has 0 fully saturated rings. The van der Waals surface area contributed by atoms with Crippen molar-refractivity contribution in [3.63, 3.8) is 0 Å². The molecule has 134 valence electrons. The number of hydrogen-bond acceptors (Lipinski definition) is 5. The number of hydrogen-bond donors (Lipinski definition) is 1. The Morgan fingerprint density at radius 2 is 2.24 bits per heavy atom. The van der Waals surface area contributed by atoms with Crippen molar-refractivity contribution in [1.82, 2.24) is 10.5 Å². The maximum Gasteiger partial charge on any atom is 0.289 e. The molecule has 0 unspecified atom stereocenters. The minimum Gasteiger partial charge on any atom is -0.497 e. The molecule has 3 rings (SSSR count). The second-order valence-electron chi connectivity index (χ2n) is 6.85. The standard InChI is InChI=1S/C19H24N2O4/c1-12(2)6-15-8-18(25-21-15)19(22)20-10-13-7-14-4-5-16(23-3)9-17(14)24-11-13/h4-5,8-9,12-13H,6-7,10-11H2,1-3H3,(H,20,22)/t13-/m1/s1. The van der Waals surface area contributed by atoms with Gasteiger partial charge in [0.1, 0.15) is 11.5 Å². The predicted molar refractivity (Wildman–Crippen MR) is 93.1 cm³/mol. The van der Waals surface area contributed by atoms with E-state index in [0.29, 0.717) is 19.1 Å². The third-order valence-corrected chi connectivity index (χ3v) is 4.21. The van der Waals surface area contributed by atoms with Crippen LogP contribution >= 0.6 is 0 Å². The quantitative estimate of drug-likeness (QED) is 0.872. The van der Waals surface area contributed by atoms with E-state index in [1.54, 1.807) is 13.2 Å². The van der Waals surface area contributed by atoms with Gasteiger partial charge in [-0.25, -0.2) is 0 Å². The van der Waals surface area contributed by atoms with Crippen LogP contribution in [0.4, 0.5) is 0 Å². The minimum absolute atomic E-state index is 0.225. The molecule has 0 saturated heterocycles. The number of ether oxygens (including phenoxy) is 2. The molecule has 1 aliphatic heterocycles. The Labute approximate surface area is 147 Å². The van der Waals surface area contributed by atoms with Crippen molar-refractivity contribution >= 4 is 5.91 Å². The summed E-state index contributed by atoms with van der Waals surface area (Å²) in [5.74, 6) is 2.37. The maximum atomic E-state index is 12.2. The summed E-state index contributed by atoms with van der Waals surface area (Å²) in [5.41, 5.74) is 1.94. The van der Waals surface area contributed by atoms with Gasteiger partial charge in [-0.3, -0.25) is 4.79 Å². The van der Waals surface area contributed by atoms with Gasteiger partial charge in [-0.2, -0.15) is 0 Å². The van der Waals surface area contributed by atoms with Crippen molar-refractivity contribution < 1.29 is 18.8 Å². The van der Waals surface area contributed by atoms with Crippen molar-refractivity contribution in [3.8, 4) is 11.5 Å². The molecule has 1 aromatic carbocycles. The third kappa shape index (κ3) is 4.32. The average molecular weight is 344 g/mol. The molecule has 0 saturated carbocycles. The molecule has 0 spiro atoms. The topological polar surface area (TPSA) is 73.6 Å². The lowest BCUT2D eigenvalue weighted by molar-refractivity contribution is 0.0902. The Bertz CT molecular complexity index is 739. The smallest absolute Gasteiger partial charge is 0.289 e. The second-order valence-corrected chi connectivity index (χ2v) is 6.85. The van der Waals surface area contributed by atoms with Crippen molar-refractivity contribution in [2.45, 2.75) is 26.7 Å². The van der Waals surface area contributed by atoms with Crippen LogP contribution in [0.2, 0.25) is 0 Å². The molecule has 6 heteroatoms. The van der Waals surface area contributed by atoms with E-state index in [4.69, 9.17) is 14.0 Å². The lowest BCUT2D eigenvalue weighted by atomic mass is 9.96. The van der Waals surface area contributed by atoms with E-state index in [1.807, 2.05) is 18.2 Å². The molecule has 1 atom stereocenters. The van der Waals surface area contributed by atoms with Crippen molar-refractivity contribution in [1.29, 1.82) is 0 Å². The summed E-state index contributed by atoms with van der Waals surface area (Å²) in [6.45, 7) is 5.30. The van der Waals surface area contributed by atoms with Crippen LogP contribution in [-0.4, -0.2) is 31.3 Å². The monoisotopic (exact) mass is 344 g/mol. The van der Waals surface area contributed by atoms with Gasteiger partial charge in [0.05, 0.1) is 19.4 Å². The normalized spacial score (nSPS) is 16.2. The highest BCUT2D eigenvalue weighted by atomic mass is 16.5. The van der Waals surface area contributed by atoms with Crippen LogP contribution in [0.25, 0.3) is 0 Å². The number of fused-ring (bicyclic) bond motifs is 1. The number of nitrogens with one attached hydrogen (secondary N) is 1. The molecule has 2 aromatic rings. The van der Waals surface area contributed by atoms with Crippen molar-refractivity contribution in [2.24, 2.45) is 11.8 Å². The fourth-order valence-electron chi connectivity index (χ4n) is 2.93. The van der Waals surface area contributed by atoms with Gasteiger partial charge in [0.15, 0.2) is 0 Å². The van der Waals surface area contributed by atoms with Gasteiger partial charge in [0.25, 0.3) is 5.91 Å². The lowest BCUT2D eigenvalue weighted by Gasteiger charge is -2.25. The van der Waals surface area contributed by atoms with E-state index in [1.165, 1.54) is 0 Å². The average Bonchev–Trinajstić information content (AvgIpc) is 3.06. The molecular weight excluding hydrogens is 320 g/mol. The Kier molecular flexibility index (Phi) is 5.26. The summed E-state index contributed by atoms with van der Waals surface area (Å²) in [6, 6.07) is 7.55. The highest BCUT2D eigenvalue weighted by Crippen LogP contribution is 2.30. The Hall–Kier alpha value is -2.50. The van der Waals surface area contributed by atoms with Gasteiger partial charge in [-0.05, 0) is 30.4 Å². The van der Waals surface area contributed by atoms with Gasteiger partial charge >= 0.3 is 0 Å². The molecule has 6 nitrogen and oxygen atoms in total. The summed E-state index contributed by atoms with van der Waals surface area (Å²) in [4.78, 5) is 12.2. The largest absolute Gasteiger partial charge is 0.497 e. The van der Waals surface area contributed by atoms with Crippen molar-refractivity contribution in [3.05, 3.63) is 41.3 Å². The number of carbonyl (C=O) groups excluding carboxylic acids is 1. The lowest BCUT2D eigenvalue weighted by Crippen LogP contribution is -2.34. The van der Waals surface area contributed by atoms with Crippen LogP contribution in [0.3, 0.4) is 0 Å². The van der Waals surface area contributed by atoms with Crippen LogP contribution in [0.1, 0.15) is 35.7 Å². The summed E-state index contributed by atoms with van der Waals surface area (Å²) in [7, 11) is 1.64. The minimum atomic E-state index is -0.233. The Morgan fingerprint density at radius 1 is 1.40 bits per heavy atom. The summed E-state index contributed by atoms with van der Waals surface area (Å²) in [6.07, 6.45) is 1.65. The maximum absolute atomic E-state index is 12.2. The summed E-state index contributed by atoms with van der Waals surface area (Å²) >= 11 is 0. The Balaban J connectivity index is 1.53. The van der Waals surface area contributed by atoms with Gasteiger partial charge in [0, 0.05) is 24.6 Å². The number of methoxy groups -OCH3 is 1. The van der Waals surface area contributed by atoms with E-state index in [-0.39, 0.29) is 17.6 Å². The number of amides is 1. The SMILES string of the molecule is COc1ccc2c(c1)OC[C@@H](CNC(=O)c1cc(CC(C)C)no1)C2. The van der Waals surface area contributed by atoms with E-state index in [2.05, 4.69) is 24.3 Å². The van der Waals surface area contributed by atoms with E-state index in [0.717, 1.165) is 35.6 Å². The Morgan fingerprint density at radius 3 is 3.00 bits per heavy atom. The number of benzene rings is 1. The van der Waals surface area contributed by atoms with Crippen LogP contribution in [0, 0.1) is 11.8 Å². The molecule has 0 bridgehead atoms. The molecule has 1 N–H and O–H groups in total. The fraction of sp³-hybridized carbons (Fsp3) is 0.474. The first-order valence-corrected chi connectivity index (χ1v) is 8.58. The zero-order chi connectivity index (χ0) is 17.8. The third-order valence-electron chi connectivity index (χ3n) is 4.21. The molecule has 1 aliphatic rings. The van der Waals surface area contributed by atoms with Crippen LogP contribution in [0.15, 0.2) is 28.8 Å².